The predicted octanol–water partition coefficient (Wildman–Crippen LogP) is 2.88. The molecule has 1 saturated heterocycles. The van der Waals surface area contributed by atoms with Crippen molar-refractivity contribution in [3.63, 3.8) is 0 Å². The Bertz CT molecular complexity index is 892. The molecule has 1 fully saturated rings. The van der Waals surface area contributed by atoms with Crippen LogP contribution in [0.4, 0.5) is 10.1 Å². The number of likely N-dealkylation sites (tertiary alicyclic amines) is 1. The fraction of sp³-hybridized carbons (Fsp3) is 0.300. The fourth-order valence-corrected chi connectivity index (χ4v) is 4.46. The van der Waals surface area contributed by atoms with Crippen LogP contribution in [0.25, 0.3) is 5.57 Å². The summed E-state index contributed by atoms with van der Waals surface area (Å²) in [6.45, 7) is 1.26. The highest BCUT2D eigenvalue weighted by Gasteiger charge is 2.43. The number of nitrogens with zero attached hydrogens (tertiary/aromatic N) is 2. The maximum atomic E-state index is 13.3. The van der Waals surface area contributed by atoms with Gasteiger partial charge in [0.15, 0.2) is 0 Å². The number of aliphatic hydroxyl groups excluding tert-OH is 1. The van der Waals surface area contributed by atoms with Crippen molar-refractivity contribution in [1.82, 2.24) is 4.90 Å². The summed E-state index contributed by atoms with van der Waals surface area (Å²) in [7, 11) is 0. The van der Waals surface area contributed by atoms with E-state index in [1.54, 1.807) is 0 Å². The Morgan fingerprint density at radius 1 is 1.15 bits per heavy atom. The van der Waals surface area contributed by atoms with Crippen LogP contribution in [0.2, 0.25) is 0 Å². The zero-order valence-electron chi connectivity index (χ0n) is 14.6. The molecule has 0 radical (unpaired) electrons. The second-order valence-electron chi connectivity index (χ2n) is 6.76. The van der Waals surface area contributed by atoms with E-state index in [1.807, 2.05) is 22.4 Å². The van der Waals surface area contributed by atoms with Gasteiger partial charge < -0.3 is 10.0 Å². The molecule has 0 saturated carbocycles. The molecule has 0 aliphatic carbocycles. The van der Waals surface area contributed by atoms with E-state index >= 15 is 0 Å². The summed E-state index contributed by atoms with van der Waals surface area (Å²) < 4.78 is 13.3. The summed E-state index contributed by atoms with van der Waals surface area (Å²) in [6.07, 6.45) is 1.75. The predicted molar refractivity (Wildman–Crippen MR) is 102 cm³/mol. The molecule has 27 heavy (non-hydrogen) atoms. The quantitative estimate of drug-likeness (QED) is 0.821. The van der Waals surface area contributed by atoms with Gasteiger partial charge in [-0.1, -0.05) is 6.07 Å². The van der Waals surface area contributed by atoms with Gasteiger partial charge >= 0.3 is 0 Å². The lowest BCUT2D eigenvalue weighted by molar-refractivity contribution is -0.120. The Kier molecular flexibility index (Phi) is 4.80. The third-order valence-electron chi connectivity index (χ3n) is 5.01. The number of halogens is 1. The zero-order chi connectivity index (χ0) is 19.0. The van der Waals surface area contributed by atoms with E-state index < -0.39 is 17.6 Å². The van der Waals surface area contributed by atoms with E-state index in [2.05, 4.69) is 0 Å². The minimum Gasteiger partial charge on any atom is -0.396 e. The lowest BCUT2D eigenvalue weighted by atomic mass is 9.98. The van der Waals surface area contributed by atoms with Crippen LogP contribution in [0.5, 0.6) is 0 Å². The molecule has 1 aromatic carbocycles. The average Bonchev–Trinajstić information content (AvgIpc) is 3.29. The summed E-state index contributed by atoms with van der Waals surface area (Å²) >= 11 is 1.41. The largest absolute Gasteiger partial charge is 0.396 e. The van der Waals surface area contributed by atoms with Gasteiger partial charge in [-0.15, -0.1) is 11.3 Å². The van der Waals surface area contributed by atoms with Crippen LogP contribution >= 0.6 is 11.3 Å². The number of thiophene rings is 1. The van der Waals surface area contributed by atoms with E-state index in [1.165, 1.54) is 35.6 Å². The number of piperidine rings is 1. The van der Waals surface area contributed by atoms with Crippen molar-refractivity contribution in [3.8, 4) is 0 Å². The average molecular weight is 386 g/mol. The first-order chi connectivity index (χ1) is 13.1. The minimum absolute atomic E-state index is 0.0575. The summed E-state index contributed by atoms with van der Waals surface area (Å²) in [4.78, 5) is 30.2. The van der Waals surface area contributed by atoms with E-state index in [4.69, 9.17) is 0 Å². The number of carbonyl (C=O) groups is 2. The number of hydrogen-bond acceptors (Lipinski definition) is 5. The number of aliphatic hydroxyl groups is 1. The first-order valence-electron chi connectivity index (χ1n) is 8.88. The molecular formula is C20H19FN2O3S. The van der Waals surface area contributed by atoms with Crippen LogP contribution in [-0.4, -0.2) is 41.5 Å². The summed E-state index contributed by atoms with van der Waals surface area (Å²) in [5, 5.41) is 11.4. The number of amides is 2. The van der Waals surface area contributed by atoms with Crippen LogP contribution in [0.15, 0.2) is 47.5 Å². The Labute approximate surface area is 160 Å². The highest BCUT2D eigenvalue weighted by Crippen LogP contribution is 2.37. The second kappa shape index (κ2) is 7.25. The molecule has 7 heteroatoms. The molecule has 5 nitrogen and oxygen atoms in total. The number of imide groups is 1. The molecule has 1 N–H and O–H groups in total. The standard InChI is InChI=1S/C20H19FN2O3S/c21-14-5-7-15(8-6-14)23-19(25)17(16-4-2-10-27-16)18(20(23)26)22-9-1-3-13(11-22)12-24/h2,4-8,10,13,24H,1,3,9,11-12H2. The smallest absolute Gasteiger partial charge is 0.282 e. The van der Waals surface area contributed by atoms with Gasteiger partial charge in [0.05, 0.1) is 11.3 Å². The Morgan fingerprint density at radius 3 is 2.59 bits per heavy atom. The van der Waals surface area contributed by atoms with E-state index in [9.17, 15) is 19.1 Å². The van der Waals surface area contributed by atoms with Gasteiger partial charge in [0, 0.05) is 24.6 Å². The topological polar surface area (TPSA) is 60.9 Å². The Balaban J connectivity index is 1.77. The minimum atomic E-state index is -0.425. The van der Waals surface area contributed by atoms with E-state index in [0.29, 0.717) is 30.0 Å². The molecule has 2 amide bonds. The molecule has 1 unspecified atom stereocenters. The van der Waals surface area contributed by atoms with E-state index in [-0.39, 0.29) is 12.5 Å². The second-order valence-corrected chi connectivity index (χ2v) is 7.71. The molecule has 140 valence electrons. The van der Waals surface area contributed by atoms with Gasteiger partial charge in [0.25, 0.3) is 11.8 Å². The van der Waals surface area contributed by atoms with Crippen LogP contribution in [0, 0.1) is 11.7 Å². The van der Waals surface area contributed by atoms with Gasteiger partial charge in [0.2, 0.25) is 0 Å². The zero-order valence-corrected chi connectivity index (χ0v) is 15.4. The van der Waals surface area contributed by atoms with Crippen molar-refractivity contribution in [2.24, 2.45) is 5.92 Å². The highest BCUT2D eigenvalue weighted by atomic mass is 32.1. The van der Waals surface area contributed by atoms with Gasteiger partial charge in [-0.2, -0.15) is 0 Å². The lowest BCUT2D eigenvalue weighted by Gasteiger charge is -2.34. The third-order valence-corrected chi connectivity index (χ3v) is 5.89. The number of anilines is 1. The maximum Gasteiger partial charge on any atom is 0.282 e. The first kappa shape index (κ1) is 17.9. The van der Waals surface area contributed by atoms with Gasteiger partial charge in [-0.05, 0) is 54.5 Å². The normalized spacial score (nSPS) is 20.7. The van der Waals surface area contributed by atoms with Crippen molar-refractivity contribution in [2.45, 2.75) is 12.8 Å². The van der Waals surface area contributed by atoms with Crippen molar-refractivity contribution >= 4 is 34.4 Å². The van der Waals surface area contributed by atoms with E-state index in [0.717, 1.165) is 22.6 Å². The molecule has 1 atom stereocenters. The van der Waals surface area contributed by atoms with Crippen LogP contribution in [-0.2, 0) is 9.59 Å². The van der Waals surface area contributed by atoms with Crippen LogP contribution < -0.4 is 4.90 Å². The van der Waals surface area contributed by atoms with Crippen molar-refractivity contribution < 1.29 is 19.1 Å². The van der Waals surface area contributed by atoms with Gasteiger partial charge in [-0.3, -0.25) is 9.59 Å². The molecule has 0 bridgehead atoms. The highest BCUT2D eigenvalue weighted by molar-refractivity contribution is 7.11. The van der Waals surface area contributed by atoms with Crippen LogP contribution in [0.1, 0.15) is 17.7 Å². The van der Waals surface area contributed by atoms with Gasteiger partial charge in [-0.25, -0.2) is 9.29 Å². The van der Waals surface area contributed by atoms with Crippen molar-refractivity contribution in [3.05, 3.63) is 58.2 Å². The number of carbonyl (C=O) groups excluding carboxylic acids is 2. The van der Waals surface area contributed by atoms with Crippen LogP contribution in [0.3, 0.4) is 0 Å². The Hall–Kier alpha value is -2.51. The molecule has 4 rings (SSSR count). The van der Waals surface area contributed by atoms with Crippen molar-refractivity contribution in [1.29, 1.82) is 0 Å². The molecular weight excluding hydrogens is 367 g/mol. The molecule has 0 spiro atoms. The molecule has 2 aliphatic heterocycles. The number of rotatable bonds is 4. The van der Waals surface area contributed by atoms with Crippen molar-refractivity contribution in [2.75, 3.05) is 24.6 Å². The summed E-state index contributed by atoms with van der Waals surface area (Å²) in [6, 6.07) is 9.02. The lowest BCUT2D eigenvalue weighted by Crippen LogP contribution is -2.40. The molecule has 2 aliphatic rings. The number of benzene rings is 1. The Morgan fingerprint density at radius 2 is 1.93 bits per heavy atom. The molecule has 3 heterocycles. The fourth-order valence-electron chi connectivity index (χ4n) is 3.70. The third kappa shape index (κ3) is 3.17. The maximum absolute atomic E-state index is 13.3. The first-order valence-corrected chi connectivity index (χ1v) is 9.76. The molecule has 2 aromatic rings. The van der Waals surface area contributed by atoms with Gasteiger partial charge in [0.1, 0.15) is 11.5 Å². The summed E-state index contributed by atoms with van der Waals surface area (Å²) in [5.74, 6) is -1.13. The number of hydrogen-bond donors (Lipinski definition) is 1. The molecule has 1 aromatic heterocycles. The summed E-state index contributed by atoms with van der Waals surface area (Å²) in [5.41, 5.74) is 1.12. The monoisotopic (exact) mass is 386 g/mol. The SMILES string of the molecule is O=C1C(c2cccs2)=C(N2CCCC(CO)C2)C(=O)N1c1ccc(F)cc1.